The first-order valence-corrected chi connectivity index (χ1v) is 8.02. The molecule has 1 saturated heterocycles. The second-order valence-electron chi connectivity index (χ2n) is 6.00. The Balaban J connectivity index is 1.53. The first-order valence-electron chi connectivity index (χ1n) is 8.02. The summed E-state index contributed by atoms with van der Waals surface area (Å²) in [5.74, 6) is 1.67. The summed E-state index contributed by atoms with van der Waals surface area (Å²) in [6.45, 7) is 1.88. The second-order valence-corrected chi connectivity index (χ2v) is 6.00. The summed E-state index contributed by atoms with van der Waals surface area (Å²) in [7, 11) is 3.87. The van der Waals surface area contributed by atoms with Crippen LogP contribution in [0, 0.1) is 0 Å². The van der Waals surface area contributed by atoms with Crippen LogP contribution in [-0.2, 0) is 11.3 Å². The summed E-state index contributed by atoms with van der Waals surface area (Å²) in [4.78, 5) is 24.3. The predicted octanol–water partition coefficient (Wildman–Crippen LogP) is 0.809. The van der Waals surface area contributed by atoms with Crippen LogP contribution in [0.2, 0.25) is 0 Å². The van der Waals surface area contributed by atoms with Gasteiger partial charge >= 0.3 is 0 Å². The molecule has 3 rings (SSSR count). The van der Waals surface area contributed by atoms with E-state index in [1.165, 1.54) is 6.33 Å². The van der Waals surface area contributed by atoms with E-state index >= 15 is 0 Å². The molecule has 8 heteroatoms. The fourth-order valence-electron chi connectivity index (χ4n) is 2.76. The summed E-state index contributed by atoms with van der Waals surface area (Å²) in [6, 6.07) is 3.77. The SMILES string of the molecule is CN(C)c1ncccc1O[C@H]1CCN(C(=O)CCn2cncn2)C1. The van der Waals surface area contributed by atoms with Gasteiger partial charge in [-0.3, -0.25) is 9.48 Å². The summed E-state index contributed by atoms with van der Waals surface area (Å²) in [5.41, 5.74) is 0. The van der Waals surface area contributed by atoms with Crippen molar-refractivity contribution in [3.8, 4) is 5.75 Å². The van der Waals surface area contributed by atoms with Gasteiger partial charge < -0.3 is 14.5 Å². The van der Waals surface area contributed by atoms with Crippen LogP contribution in [-0.4, -0.2) is 63.8 Å². The fourth-order valence-corrected chi connectivity index (χ4v) is 2.76. The molecule has 0 bridgehead atoms. The minimum atomic E-state index is 0.00298. The third-order valence-electron chi connectivity index (χ3n) is 3.99. The Morgan fingerprint density at radius 1 is 1.46 bits per heavy atom. The van der Waals surface area contributed by atoms with E-state index in [0.717, 1.165) is 24.5 Å². The monoisotopic (exact) mass is 330 g/mol. The van der Waals surface area contributed by atoms with Gasteiger partial charge in [0, 0.05) is 39.7 Å². The Morgan fingerprint density at radius 2 is 2.33 bits per heavy atom. The van der Waals surface area contributed by atoms with E-state index < -0.39 is 0 Å². The molecule has 0 N–H and O–H groups in total. The number of aromatic nitrogens is 4. The van der Waals surface area contributed by atoms with Gasteiger partial charge in [0.05, 0.1) is 13.1 Å². The second kappa shape index (κ2) is 7.29. The van der Waals surface area contributed by atoms with E-state index in [4.69, 9.17) is 4.74 Å². The van der Waals surface area contributed by atoms with Crippen molar-refractivity contribution in [3.63, 3.8) is 0 Å². The smallest absolute Gasteiger partial charge is 0.224 e. The largest absolute Gasteiger partial charge is 0.485 e. The number of hydrogen-bond donors (Lipinski definition) is 0. The standard InChI is InChI=1S/C16H22N6O2/c1-20(2)16-14(4-3-7-18-16)24-13-5-8-21(10-13)15(23)6-9-22-12-17-11-19-22/h3-4,7,11-13H,5-6,8-10H2,1-2H3/t13-/m0/s1. The van der Waals surface area contributed by atoms with Crippen LogP contribution in [0.25, 0.3) is 0 Å². The summed E-state index contributed by atoms with van der Waals surface area (Å²) < 4.78 is 7.74. The predicted molar refractivity (Wildman–Crippen MR) is 88.8 cm³/mol. The van der Waals surface area contributed by atoms with Crippen molar-refractivity contribution in [2.75, 3.05) is 32.1 Å². The molecule has 0 aromatic carbocycles. The molecule has 2 aromatic rings. The lowest BCUT2D eigenvalue weighted by Crippen LogP contribution is -2.31. The number of hydrogen-bond acceptors (Lipinski definition) is 6. The average molecular weight is 330 g/mol. The first kappa shape index (κ1) is 16.2. The van der Waals surface area contributed by atoms with Crippen LogP contribution in [0.1, 0.15) is 12.8 Å². The third-order valence-corrected chi connectivity index (χ3v) is 3.99. The van der Waals surface area contributed by atoms with Crippen LogP contribution in [0.4, 0.5) is 5.82 Å². The molecule has 1 atom stereocenters. The first-order chi connectivity index (χ1) is 11.6. The lowest BCUT2D eigenvalue weighted by Gasteiger charge is -2.20. The number of rotatable bonds is 6. The average Bonchev–Trinajstić information content (AvgIpc) is 3.24. The molecule has 24 heavy (non-hydrogen) atoms. The Bertz CT molecular complexity index is 673. The normalized spacial score (nSPS) is 17.1. The highest BCUT2D eigenvalue weighted by molar-refractivity contribution is 5.76. The van der Waals surface area contributed by atoms with Gasteiger partial charge in [0.15, 0.2) is 11.6 Å². The van der Waals surface area contributed by atoms with E-state index in [-0.39, 0.29) is 12.0 Å². The van der Waals surface area contributed by atoms with Crippen molar-refractivity contribution in [1.82, 2.24) is 24.6 Å². The number of anilines is 1. The van der Waals surface area contributed by atoms with Crippen molar-refractivity contribution >= 4 is 11.7 Å². The number of likely N-dealkylation sites (tertiary alicyclic amines) is 1. The minimum absolute atomic E-state index is 0.00298. The van der Waals surface area contributed by atoms with E-state index in [1.807, 2.05) is 36.0 Å². The topological polar surface area (TPSA) is 76.4 Å². The number of pyridine rings is 1. The number of nitrogens with zero attached hydrogens (tertiary/aromatic N) is 6. The van der Waals surface area contributed by atoms with Gasteiger partial charge in [0.25, 0.3) is 0 Å². The van der Waals surface area contributed by atoms with E-state index in [9.17, 15) is 4.79 Å². The molecule has 0 radical (unpaired) electrons. The summed E-state index contributed by atoms with van der Waals surface area (Å²) in [5, 5.41) is 4.01. The number of aryl methyl sites for hydroxylation is 1. The van der Waals surface area contributed by atoms with E-state index in [2.05, 4.69) is 15.1 Å². The molecule has 0 aliphatic carbocycles. The molecule has 1 aliphatic heterocycles. The van der Waals surface area contributed by atoms with Crippen LogP contribution in [0.15, 0.2) is 31.0 Å². The lowest BCUT2D eigenvalue weighted by atomic mass is 10.3. The molecular formula is C16H22N6O2. The van der Waals surface area contributed by atoms with Gasteiger partial charge in [-0.2, -0.15) is 5.10 Å². The molecular weight excluding hydrogens is 308 g/mol. The van der Waals surface area contributed by atoms with Crippen molar-refractivity contribution in [2.24, 2.45) is 0 Å². The molecule has 8 nitrogen and oxygen atoms in total. The molecule has 0 saturated carbocycles. The van der Waals surface area contributed by atoms with Crippen LogP contribution < -0.4 is 9.64 Å². The highest BCUT2D eigenvalue weighted by Gasteiger charge is 2.28. The Morgan fingerprint density at radius 3 is 3.08 bits per heavy atom. The molecule has 0 unspecified atom stereocenters. The molecule has 0 spiro atoms. The molecule has 3 heterocycles. The lowest BCUT2D eigenvalue weighted by molar-refractivity contribution is -0.130. The zero-order chi connectivity index (χ0) is 16.9. The fraction of sp³-hybridized carbons (Fsp3) is 0.500. The third kappa shape index (κ3) is 3.81. The zero-order valence-corrected chi connectivity index (χ0v) is 14.0. The number of carbonyl (C=O) groups is 1. The Kier molecular flexibility index (Phi) is 4.93. The Hall–Kier alpha value is -2.64. The zero-order valence-electron chi connectivity index (χ0n) is 14.0. The quantitative estimate of drug-likeness (QED) is 0.780. The summed E-state index contributed by atoms with van der Waals surface area (Å²) >= 11 is 0. The molecule has 1 fully saturated rings. The van der Waals surface area contributed by atoms with E-state index in [0.29, 0.717) is 19.5 Å². The number of amides is 1. The van der Waals surface area contributed by atoms with Gasteiger partial charge in [-0.15, -0.1) is 0 Å². The Labute approximate surface area is 141 Å². The van der Waals surface area contributed by atoms with Crippen molar-refractivity contribution in [1.29, 1.82) is 0 Å². The van der Waals surface area contributed by atoms with E-state index in [1.54, 1.807) is 17.2 Å². The van der Waals surface area contributed by atoms with Gasteiger partial charge in [0.1, 0.15) is 18.8 Å². The maximum Gasteiger partial charge on any atom is 0.224 e. The van der Waals surface area contributed by atoms with Gasteiger partial charge in [0.2, 0.25) is 5.91 Å². The number of ether oxygens (including phenoxy) is 1. The van der Waals surface area contributed by atoms with Gasteiger partial charge in [-0.25, -0.2) is 9.97 Å². The molecule has 1 aliphatic rings. The van der Waals surface area contributed by atoms with Crippen molar-refractivity contribution < 1.29 is 9.53 Å². The highest BCUT2D eigenvalue weighted by atomic mass is 16.5. The molecule has 1 amide bonds. The van der Waals surface area contributed by atoms with Crippen molar-refractivity contribution in [3.05, 3.63) is 31.0 Å². The molecule has 2 aromatic heterocycles. The summed E-state index contributed by atoms with van der Waals surface area (Å²) in [6.07, 6.45) is 6.09. The van der Waals surface area contributed by atoms with Crippen LogP contribution >= 0.6 is 0 Å². The van der Waals surface area contributed by atoms with Crippen LogP contribution in [0.3, 0.4) is 0 Å². The minimum Gasteiger partial charge on any atom is -0.485 e. The van der Waals surface area contributed by atoms with Gasteiger partial charge in [-0.1, -0.05) is 0 Å². The molecule has 128 valence electrons. The highest BCUT2D eigenvalue weighted by Crippen LogP contribution is 2.26. The van der Waals surface area contributed by atoms with Gasteiger partial charge in [-0.05, 0) is 12.1 Å². The van der Waals surface area contributed by atoms with Crippen LogP contribution in [0.5, 0.6) is 5.75 Å². The number of carbonyl (C=O) groups excluding carboxylic acids is 1. The maximum absolute atomic E-state index is 12.3. The maximum atomic E-state index is 12.3. The van der Waals surface area contributed by atoms with Crippen molar-refractivity contribution in [2.45, 2.75) is 25.5 Å².